The summed E-state index contributed by atoms with van der Waals surface area (Å²) in [7, 11) is -6.63. The Morgan fingerprint density at radius 1 is 0.439 bits per heavy atom. The predicted molar refractivity (Wildman–Crippen MR) is 503 cm³/mol. The number of amides is 3. The van der Waals surface area contributed by atoms with E-state index in [4.69, 9.17) is 58.8 Å². The standard InChI is InChI=1S/C55H86N6O14S.C38H54N6O12S.2CO2/c1-40(62)55(76(70,71)44-23-21-42(22-24-44)72-43-19-17-27-56-34-43)25-28-61(29-26-55)49(68)45(57-50(69)75-54(11,12)13)20-16-14-15-18-41(63)35-59(36-46(64)65)32-30-58(39-51(2,3)4)31-33-60(37-47(66)73-52(5,6)7)38-48(67)74-53(8,9)10;1-28(45)38(57(54,55)32-12-10-30(11-13-32)56-31-8-6-16-40-23-31)14-17-44(18-15-38)37(53)33(39)9-5-3-4-7-29(46)24-42(25-34(47)48)21-19-41(2)20-22-43(26-35(49)50)27-36(51)52;2*2-1-3/h17,19,21-24,27,34,45H,14-16,18,20,25-26,28-33,35-39H2,1-13H3,(H,57,69)(H,64,65);6,8,10-13,16,23,33H,3-5,7,9,14-15,17-22,24-27,39H2,1-2H3,(H,47,48)(H,49,50)(H,51,52);;/t45-;33-;;/m00../s1. The summed E-state index contributed by atoms with van der Waals surface area (Å²) in [4.78, 5) is 217. The van der Waals surface area contributed by atoms with Crippen molar-refractivity contribution in [3.63, 3.8) is 0 Å². The molecule has 3 amide bonds. The number of hydrogen-bond donors (Lipinski definition) is 6. The maximum Gasteiger partial charge on any atom is 0.408 e. The van der Waals surface area contributed by atoms with Crippen LogP contribution in [0.1, 0.15) is 187 Å². The number of rotatable bonds is 54. The van der Waals surface area contributed by atoms with Gasteiger partial charge in [-0.05, 0) is 213 Å². The summed E-state index contributed by atoms with van der Waals surface area (Å²) in [5, 5.41) is 39.9. The molecule has 139 heavy (non-hydrogen) atoms. The van der Waals surface area contributed by atoms with E-state index in [2.05, 4.69) is 41.0 Å². The van der Waals surface area contributed by atoms with Crippen molar-refractivity contribution < 1.29 is 142 Å². The van der Waals surface area contributed by atoms with Crippen LogP contribution < -0.4 is 20.5 Å². The first-order valence-electron chi connectivity index (χ1n) is 45.7. The average Bonchev–Trinajstić information content (AvgIpc) is 0.747. The number of aromatic nitrogens is 2. The number of likely N-dealkylation sites (tertiary alicyclic amines) is 2. The smallest absolute Gasteiger partial charge is 0.408 e. The van der Waals surface area contributed by atoms with Crippen LogP contribution in [0.15, 0.2) is 107 Å². The third-order valence-corrected chi connectivity index (χ3v) is 27.1. The Morgan fingerprint density at radius 2 is 0.763 bits per heavy atom. The Kier molecular flexibility index (Phi) is 51.2. The van der Waals surface area contributed by atoms with Gasteiger partial charge in [-0.2, -0.15) is 19.2 Å². The van der Waals surface area contributed by atoms with Crippen LogP contribution >= 0.6 is 0 Å². The molecule has 0 unspecified atom stereocenters. The number of esters is 2. The molecule has 7 N–H and O–H groups in total. The third kappa shape index (κ3) is 45.9. The molecular weight excluding hydrogens is 1850 g/mol. The minimum absolute atomic E-state index is 0.0253. The number of carbonyl (C=O) groups excluding carboxylic acids is 13. The van der Waals surface area contributed by atoms with Gasteiger partial charge in [0.2, 0.25) is 11.8 Å². The number of carboxylic acids is 4. The van der Waals surface area contributed by atoms with Gasteiger partial charge in [0.1, 0.15) is 66.9 Å². The van der Waals surface area contributed by atoms with E-state index in [9.17, 15) is 89.4 Å². The van der Waals surface area contributed by atoms with Gasteiger partial charge in [-0.3, -0.25) is 87.1 Å². The molecule has 2 aromatic heterocycles. The van der Waals surface area contributed by atoms with Crippen molar-refractivity contribution in [3.05, 3.63) is 97.6 Å². The number of nitrogens with one attached hydrogen (secondary N) is 1. The number of pyridine rings is 2. The summed E-state index contributed by atoms with van der Waals surface area (Å²) in [6.07, 6.45) is 9.26. The summed E-state index contributed by atoms with van der Waals surface area (Å²) >= 11 is 0. The molecule has 0 saturated carbocycles. The number of carboxylic acid groups (broad SMARTS) is 4. The van der Waals surface area contributed by atoms with Crippen molar-refractivity contribution in [1.29, 1.82) is 0 Å². The topological polar surface area (TPSA) is 575 Å². The van der Waals surface area contributed by atoms with Crippen molar-refractivity contribution in [2.75, 3.05) is 144 Å². The molecule has 772 valence electrons. The van der Waals surface area contributed by atoms with Gasteiger partial charge in [-0.1, -0.05) is 46.5 Å². The Hall–Kier alpha value is -11.6. The molecule has 2 atom stereocenters. The minimum atomic E-state index is -4.23. The molecular formula is C95H140N12O30S2. The van der Waals surface area contributed by atoms with Crippen molar-refractivity contribution in [2.24, 2.45) is 11.1 Å². The number of likely N-dealkylation sites (N-methyl/N-ethyl adjacent to an activating group) is 1. The number of carbonyl (C=O) groups is 13. The van der Waals surface area contributed by atoms with E-state index in [1.54, 1.807) is 121 Å². The number of sulfone groups is 2. The van der Waals surface area contributed by atoms with E-state index in [1.807, 2.05) is 0 Å². The highest BCUT2D eigenvalue weighted by molar-refractivity contribution is 7.94. The number of piperidine rings is 2. The molecule has 0 spiro atoms. The van der Waals surface area contributed by atoms with Crippen LogP contribution in [0.2, 0.25) is 0 Å². The van der Waals surface area contributed by atoms with E-state index in [1.165, 1.54) is 94.4 Å². The zero-order valence-corrected chi connectivity index (χ0v) is 84.0. The van der Waals surface area contributed by atoms with E-state index in [0.29, 0.717) is 107 Å². The highest BCUT2D eigenvalue weighted by Crippen LogP contribution is 2.40. The molecule has 2 saturated heterocycles. The average molecular weight is 1990 g/mol. The number of alkyl carbamates (subject to hydrolysis) is 1. The summed E-state index contributed by atoms with van der Waals surface area (Å²) in [5.41, 5.74) is 3.74. The number of nitrogens with zero attached hydrogens (tertiary/aromatic N) is 10. The zero-order valence-electron chi connectivity index (χ0n) is 82.4. The normalized spacial score (nSPS) is 14.2. The highest BCUT2D eigenvalue weighted by Gasteiger charge is 2.53. The van der Waals surface area contributed by atoms with Gasteiger partial charge in [-0.25, -0.2) is 21.6 Å². The molecule has 42 nitrogen and oxygen atoms in total. The van der Waals surface area contributed by atoms with Crippen molar-refractivity contribution in [1.82, 2.24) is 54.5 Å². The molecule has 2 aliphatic rings. The molecule has 6 rings (SSSR count). The zero-order chi connectivity index (χ0) is 105. The monoisotopic (exact) mass is 1990 g/mol. The fraction of sp³-hybridized carbons (Fsp3) is 0.611. The largest absolute Gasteiger partial charge is 0.480 e. The first kappa shape index (κ1) is 122. The van der Waals surface area contributed by atoms with E-state index in [0.717, 1.165) is 0 Å². The first-order valence-corrected chi connectivity index (χ1v) is 48.6. The van der Waals surface area contributed by atoms with Gasteiger partial charge >= 0.3 is 54.2 Å². The third-order valence-electron chi connectivity index (χ3n) is 21.9. The van der Waals surface area contributed by atoms with Crippen LogP contribution in [-0.4, -0.2) is 358 Å². The summed E-state index contributed by atoms with van der Waals surface area (Å²) in [5.74, 6) is -5.93. The predicted octanol–water partition coefficient (Wildman–Crippen LogP) is 6.80. The highest BCUT2D eigenvalue weighted by atomic mass is 32.2. The van der Waals surface area contributed by atoms with Gasteiger partial charge in [-0.15, -0.1) is 0 Å². The number of ether oxygens (including phenoxy) is 5. The van der Waals surface area contributed by atoms with E-state index >= 15 is 0 Å². The number of benzene rings is 2. The number of hydrogen-bond acceptors (Lipinski definition) is 35. The van der Waals surface area contributed by atoms with Gasteiger partial charge in [0.15, 0.2) is 31.2 Å². The molecule has 0 aliphatic carbocycles. The van der Waals surface area contributed by atoms with Crippen molar-refractivity contribution in [3.8, 4) is 23.0 Å². The Bertz CT molecular complexity index is 4900. The number of aliphatic carboxylic acids is 4. The number of ketones is 4. The lowest BCUT2D eigenvalue weighted by atomic mass is 9.91. The van der Waals surface area contributed by atoms with Crippen molar-refractivity contribution >= 4 is 109 Å². The Labute approximate surface area is 812 Å². The molecule has 44 heteroatoms. The van der Waals surface area contributed by atoms with Gasteiger partial charge in [0.05, 0.1) is 80.6 Å². The van der Waals surface area contributed by atoms with E-state index in [-0.39, 0.29) is 175 Å². The SMILES string of the molecule is CC(=O)C1(S(=O)(=O)c2ccc(Oc3cccnc3)cc2)CCN(C(=O)[C@@H](N)CCCCCC(=O)CN(CCN(C)CCN(CC(=O)O)CC(=O)O)CC(=O)O)CC1.CC(=O)C1(S(=O)(=O)c2ccc(Oc3cccnc3)cc2)CCN(C(=O)[C@H](CCCCCC(=O)CN(CCN(CCN(CC(=O)OC(C)(C)C)CC(=O)OC(C)(C)C)CC(C)(C)C)CC(=O)O)NC(=O)OC(C)(C)C)CC1.O=C=O.O=C=O. The van der Waals surface area contributed by atoms with Gasteiger partial charge in [0.25, 0.3) is 0 Å². The quantitative estimate of drug-likeness (QED) is 0.0150. The molecule has 2 aromatic carbocycles. The first-order chi connectivity index (χ1) is 64.8. The fourth-order valence-corrected chi connectivity index (χ4v) is 19.4. The van der Waals surface area contributed by atoms with Gasteiger partial charge in [0, 0.05) is 110 Å². The van der Waals surface area contributed by atoms with Crippen LogP contribution in [0, 0.1) is 5.41 Å². The second-order valence-corrected chi connectivity index (χ2v) is 42.8. The maximum absolute atomic E-state index is 14.2. The lowest BCUT2D eigenvalue weighted by Gasteiger charge is -2.40. The molecule has 2 fully saturated rings. The van der Waals surface area contributed by atoms with Crippen molar-refractivity contribution in [2.45, 2.75) is 235 Å². The van der Waals surface area contributed by atoms with Gasteiger partial charge < -0.3 is 74.8 Å². The maximum atomic E-state index is 14.2. The Balaban J connectivity index is 0.000000700. The van der Waals surface area contributed by atoms with Crippen LogP contribution in [-0.2, 0) is 111 Å². The summed E-state index contributed by atoms with van der Waals surface area (Å²) < 4.78 is 80.7. The Morgan fingerprint density at radius 3 is 1.09 bits per heavy atom. The van der Waals surface area contributed by atoms with Crippen LogP contribution in [0.4, 0.5) is 4.79 Å². The fourth-order valence-electron chi connectivity index (χ4n) is 15.3. The molecule has 4 heterocycles. The number of nitrogens with two attached hydrogens (primary N) is 1. The second kappa shape index (κ2) is 58.5. The molecule has 0 bridgehead atoms. The van der Waals surface area contributed by atoms with E-state index < -0.39 is 131 Å². The van der Waals surface area contributed by atoms with Crippen LogP contribution in [0.3, 0.4) is 0 Å². The minimum Gasteiger partial charge on any atom is -0.480 e. The second-order valence-electron chi connectivity index (χ2n) is 38.3. The number of Topliss-reactive ketones (excluding diaryl/α,β-unsaturated/α-hetero) is 4. The molecule has 4 aromatic rings. The lowest BCUT2D eigenvalue weighted by Crippen LogP contribution is -2.57. The summed E-state index contributed by atoms with van der Waals surface area (Å²) in [6, 6.07) is 16.5. The van der Waals surface area contributed by atoms with Crippen LogP contribution in [0.25, 0.3) is 0 Å². The molecule has 0 radical (unpaired) electrons. The summed E-state index contributed by atoms with van der Waals surface area (Å²) in [6.45, 7) is 25.3. The number of unbranched alkanes of at least 4 members (excludes halogenated alkanes) is 4. The lowest BCUT2D eigenvalue weighted by molar-refractivity contribution is -0.193. The molecule has 2 aliphatic heterocycles. The van der Waals surface area contributed by atoms with Crippen LogP contribution in [0.5, 0.6) is 23.0 Å².